The molecule has 1 saturated heterocycles. The van der Waals surface area contributed by atoms with Crippen molar-refractivity contribution in [1.82, 2.24) is 10.2 Å². The van der Waals surface area contributed by atoms with Crippen LogP contribution in [0, 0.1) is 0 Å². The molecule has 1 heterocycles. The minimum absolute atomic E-state index is 0.0637. The zero-order chi connectivity index (χ0) is 21.6. The lowest BCUT2D eigenvalue weighted by atomic mass is 9.87. The van der Waals surface area contributed by atoms with Gasteiger partial charge in [0.15, 0.2) is 0 Å². The molecule has 1 aliphatic heterocycles. The molecule has 0 radical (unpaired) electrons. The zero-order valence-electron chi connectivity index (χ0n) is 18.4. The van der Waals surface area contributed by atoms with Crippen LogP contribution in [-0.2, 0) is 16.8 Å². The van der Waals surface area contributed by atoms with Gasteiger partial charge < -0.3 is 15.1 Å². The van der Waals surface area contributed by atoms with E-state index in [1.807, 2.05) is 35.2 Å². The molecule has 0 atom stereocenters. The van der Waals surface area contributed by atoms with Gasteiger partial charge in [-0.2, -0.15) is 0 Å². The van der Waals surface area contributed by atoms with Crippen LogP contribution in [0.2, 0.25) is 0 Å². The van der Waals surface area contributed by atoms with Crippen LogP contribution < -0.4 is 10.2 Å². The maximum absolute atomic E-state index is 12.5. The molecule has 3 rings (SSSR count). The third-order valence-electron chi connectivity index (χ3n) is 5.76. The van der Waals surface area contributed by atoms with E-state index in [2.05, 4.69) is 50.4 Å². The molecule has 30 heavy (non-hydrogen) atoms. The van der Waals surface area contributed by atoms with E-state index in [9.17, 15) is 9.59 Å². The highest BCUT2D eigenvalue weighted by atomic mass is 16.2. The fourth-order valence-corrected chi connectivity index (χ4v) is 3.80. The first-order valence-corrected chi connectivity index (χ1v) is 10.9. The van der Waals surface area contributed by atoms with Gasteiger partial charge in [0.25, 0.3) is 5.91 Å². The molecule has 0 aliphatic carbocycles. The summed E-state index contributed by atoms with van der Waals surface area (Å²) < 4.78 is 0. The van der Waals surface area contributed by atoms with Crippen molar-refractivity contribution in [3.8, 4) is 0 Å². The van der Waals surface area contributed by atoms with Gasteiger partial charge in [-0.25, -0.2) is 0 Å². The van der Waals surface area contributed by atoms with E-state index < -0.39 is 0 Å². The predicted octanol–water partition coefficient (Wildman–Crippen LogP) is 2.03. The number of hydrogen-bond donors (Lipinski definition) is 2. The molecule has 5 heteroatoms. The Hall–Kier alpha value is -2.66. The van der Waals surface area contributed by atoms with E-state index in [0.717, 1.165) is 32.7 Å². The van der Waals surface area contributed by atoms with Crippen molar-refractivity contribution >= 4 is 11.8 Å². The lowest BCUT2D eigenvalue weighted by Gasteiger charge is -2.32. The maximum Gasteiger partial charge on any atom is 0.251 e. The van der Waals surface area contributed by atoms with Gasteiger partial charge in [-0.15, -0.1) is 0 Å². The number of nitrogens with one attached hydrogen (secondary N) is 2. The number of hydrogen-bond acceptors (Lipinski definition) is 2. The standard InChI is InChI=1S/C25H33N3O2/c1-25(2,3)22-11-9-21(10-12-22)24(30)26-14-13-23(29)28-17-15-27(16-18-28)19-20-7-5-4-6-8-20/h4-12H,13-19H2,1-3H3,(H,26,30)/p+1. The van der Waals surface area contributed by atoms with Crippen LogP contribution in [-0.4, -0.2) is 49.4 Å². The van der Waals surface area contributed by atoms with E-state index in [1.165, 1.54) is 16.0 Å². The molecule has 1 aliphatic rings. The fourth-order valence-electron chi connectivity index (χ4n) is 3.80. The number of amides is 2. The lowest BCUT2D eigenvalue weighted by molar-refractivity contribution is -0.917. The molecule has 0 saturated carbocycles. The Balaban J connectivity index is 1.38. The summed E-state index contributed by atoms with van der Waals surface area (Å²) in [6, 6.07) is 18.2. The lowest BCUT2D eigenvalue weighted by Crippen LogP contribution is -3.13. The van der Waals surface area contributed by atoms with Crippen molar-refractivity contribution in [2.24, 2.45) is 0 Å². The second kappa shape index (κ2) is 9.90. The second-order valence-electron chi connectivity index (χ2n) is 9.13. The van der Waals surface area contributed by atoms with Crippen molar-refractivity contribution in [3.63, 3.8) is 0 Å². The number of quaternary nitrogens is 1. The number of benzene rings is 2. The number of rotatable bonds is 6. The highest BCUT2D eigenvalue weighted by molar-refractivity contribution is 5.94. The van der Waals surface area contributed by atoms with E-state index in [1.54, 1.807) is 0 Å². The molecule has 0 spiro atoms. The average molecular weight is 409 g/mol. The SMILES string of the molecule is CC(C)(C)c1ccc(C(=O)NCCC(=O)N2CC[NH+](Cc3ccccc3)CC2)cc1. The summed E-state index contributed by atoms with van der Waals surface area (Å²) in [5.74, 6) is -0.00229. The molecule has 0 bridgehead atoms. The summed E-state index contributed by atoms with van der Waals surface area (Å²) in [4.78, 5) is 28.3. The van der Waals surface area contributed by atoms with Gasteiger partial charge in [-0.05, 0) is 23.1 Å². The van der Waals surface area contributed by atoms with Crippen LogP contribution in [0.5, 0.6) is 0 Å². The van der Waals surface area contributed by atoms with Crippen LogP contribution >= 0.6 is 0 Å². The molecule has 1 fully saturated rings. The van der Waals surface area contributed by atoms with E-state index in [-0.39, 0.29) is 17.2 Å². The first kappa shape index (κ1) is 22.0. The van der Waals surface area contributed by atoms with Crippen LogP contribution in [0.4, 0.5) is 0 Å². The van der Waals surface area contributed by atoms with Crippen LogP contribution in [0.1, 0.15) is 48.7 Å². The summed E-state index contributed by atoms with van der Waals surface area (Å²) in [6.45, 7) is 11.3. The highest BCUT2D eigenvalue weighted by Gasteiger charge is 2.23. The molecule has 2 aromatic carbocycles. The summed E-state index contributed by atoms with van der Waals surface area (Å²) in [5.41, 5.74) is 3.23. The van der Waals surface area contributed by atoms with Crippen LogP contribution in [0.3, 0.4) is 0 Å². The first-order valence-electron chi connectivity index (χ1n) is 10.9. The summed E-state index contributed by atoms with van der Waals surface area (Å²) in [6.07, 6.45) is 0.347. The molecule has 2 N–H and O–H groups in total. The Bertz CT molecular complexity index is 833. The fraction of sp³-hybridized carbons (Fsp3) is 0.440. The molecule has 0 unspecified atom stereocenters. The molecule has 160 valence electrons. The molecule has 0 aromatic heterocycles. The smallest absolute Gasteiger partial charge is 0.251 e. The summed E-state index contributed by atoms with van der Waals surface area (Å²) in [7, 11) is 0. The van der Waals surface area contributed by atoms with Gasteiger partial charge >= 0.3 is 0 Å². The number of carbonyl (C=O) groups is 2. The molecule has 2 amide bonds. The maximum atomic E-state index is 12.5. The molecular weight excluding hydrogens is 374 g/mol. The third kappa shape index (κ3) is 6.17. The number of piperazine rings is 1. The monoisotopic (exact) mass is 408 g/mol. The van der Waals surface area contributed by atoms with Gasteiger partial charge in [0, 0.05) is 24.1 Å². The average Bonchev–Trinajstić information content (AvgIpc) is 2.74. The molecule has 5 nitrogen and oxygen atoms in total. The van der Waals surface area contributed by atoms with Crippen LogP contribution in [0.15, 0.2) is 54.6 Å². The summed E-state index contributed by atoms with van der Waals surface area (Å²) in [5, 5.41) is 2.88. The van der Waals surface area contributed by atoms with Crippen molar-refractivity contribution in [3.05, 3.63) is 71.3 Å². The van der Waals surface area contributed by atoms with Crippen molar-refractivity contribution < 1.29 is 14.5 Å². The minimum Gasteiger partial charge on any atom is -0.352 e. The normalized spacial score (nSPS) is 15.1. The Morgan fingerprint density at radius 3 is 2.20 bits per heavy atom. The number of carbonyl (C=O) groups excluding carboxylic acids is 2. The van der Waals surface area contributed by atoms with Crippen molar-refractivity contribution in [2.75, 3.05) is 32.7 Å². The van der Waals surface area contributed by atoms with Gasteiger partial charge in [-0.1, -0.05) is 63.2 Å². The largest absolute Gasteiger partial charge is 0.352 e. The Kier molecular flexibility index (Phi) is 7.27. The first-order chi connectivity index (χ1) is 14.3. The number of nitrogens with zero attached hydrogens (tertiary/aromatic N) is 1. The molecular formula is C25H34N3O2+. The van der Waals surface area contributed by atoms with Gasteiger partial charge in [0.2, 0.25) is 5.91 Å². The Morgan fingerprint density at radius 2 is 1.60 bits per heavy atom. The van der Waals surface area contributed by atoms with Gasteiger partial charge in [0.1, 0.15) is 6.54 Å². The van der Waals surface area contributed by atoms with Crippen LogP contribution in [0.25, 0.3) is 0 Å². The van der Waals surface area contributed by atoms with Gasteiger partial charge in [-0.3, -0.25) is 9.59 Å². The highest BCUT2D eigenvalue weighted by Crippen LogP contribution is 2.22. The zero-order valence-corrected chi connectivity index (χ0v) is 18.4. The Labute approximate surface area is 180 Å². The minimum atomic E-state index is -0.125. The van der Waals surface area contributed by atoms with Gasteiger partial charge in [0.05, 0.1) is 26.2 Å². The van der Waals surface area contributed by atoms with E-state index in [4.69, 9.17) is 0 Å². The van der Waals surface area contributed by atoms with Crippen molar-refractivity contribution in [2.45, 2.75) is 39.2 Å². The third-order valence-corrected chi connectivity index (χ3v) is 5.76. The van der Waals surface area contributed by atoms with E-state index in [0.29, 0.717) is 18.5 Å². The predicted molar refractivity (Wildman–Crippen MR) is 120 cm³/mol. The van der Waals surface area contributed by atoms with Crippen molar-refractivity contribution in [1.29, 1.82) is 0 Å². The topological polar surface area (TPSA) is 53.9 Å². The molecule has 2 aromatic rings. The quantitative estimate of drug-likeness (QED) is 0.769. The second-order valence-corrected chi connectivity index (χ2v) is 9.13. The summed E-state index contributed by atoms with van der Waals surface area (Å²) >= 11 is 0. The Morgan fingerprint density at radius 1 is 0.967 bits per heavy atom. The van der Waals surface area contributed by atoms with E-state index >= 15 is 0 Å².